The van der Waals surface area contributed by atoms with Crippen LogP contribution >= 0.6 is 7.37 Å². The van der Waals surface area contributed by atoms with Crippen LogP contribution in [0.25, 0.3) is 6.08 Å². The summed E-state index contributed by atoms with van der Waals surface area (Å²) in [6, 6.07) is 5.07. The molecule has 0 bridgehead atoms. The molecule has 0 aromatic heterocycles. The molecule has 1 aromatic carbocycles. The SMILES string of the molecule is C[C@@H](NC(=O)/C=C/c1ccc2c(c1)OCO2)P(=O)(O)C[C@H](CCC(=O)O)C(=O)O. The van der Waals surface area contributed by atoms with Gasteiger partial charge in [-0.05, 0) is 37.1 Å². The van der Waals surface area contributed by atoms with Gasteiger partial charge in [-0.3, -0.25) is 18.9 Å². The molecular formula is C18H22NO9P. The first-order valence-corrected chi connectivity index (χ1v) is 10.6. The fraction of sp³-hybridized carbons (Fsp3) is 0.389. The zero-order valence-corrected chi connectivity index (χ0v) is 16.5. The smallest absolute Gasteiger partial charge is 0.307 e. The molecule has 1 heterocycles. The van der Waals surface area contributed by atoms with E-state index in [0.29, 0.717) is 17.1 Å². The lowest BCUT2D eigenvalue weighted by molar-refractivity contribution is -0.142. The van der Waals surface area contributed by atoms with Crippen LogP contribution in [0.2, 0.25) is 0 Å². The quantitative estimate of drug-likeness (QED) is 0.322. The maximum atomic E-state index is 12.5. The van der Waals surface area contributed by atoms with Crippen LogP contribution in [0, 0.1) is 5.92 Å². The van der Waals surface area contributed by atoms with Gasteiger partial charge in [-0.1, -0.05) is 6.07 Å². The second-order valence-corrected chi connectivity index (χ2v) is 9.19. The zero-order valence-electron chi connectivity index (χ0n) is 15.6. The van der Waals surface area contributed by atoms with E-state index in [1.54, 1.807) is 18.2 Å². The van der Waals surface area contributed by atoms with Crippen molar-refractivity contribution in [1.82, 2.24) is 5.32 Å². The van der Waals surface area contributed by atoms with Crippen molar-refractivity contribution in [2.75, 3.05) is 13.0 Å². The van der Waals surface area contributed by atoms with Crippen LogP contribution in [0.3, 0.4) is 0 Å². The zero-order chi connectivity index (χ0) is 21.6. The van der Waals surface area contributed by atoms with Crippen molar-refractivity contribution < 1.29 is 43.5 Å². The lowest BCUT2D eigenvalue weighted by Gasteiger charge is -2.22. The normalized spacial score (nSPS) is 16.8. The Labute approximate surface area is 166 Å². The first-order chi connectivity index (χ1) is 13.6. The van der Waals surface area contributed by atoms with Crippen LogP contribution in [-0.2, 0) is 18.9 Å². The molecular weight excluding hydrogens is 405 g/mol. The van der Waals surface area contributed by atoms with Gasteiger partial charge >= 0.3 is 11.9 Å². The first kappa shape index (κ1) is 22.4. The number of aliphatic carboxylic acids is 2. The van der Waals surface area contributed by atoms with E-state index in [2.05, 4.69) is 5.32 Å². The molecule has 2 rings (SSSR count). The number of amides is 1. The summed E-state index contributed by atoms with van der Waals surface area (Å²) in [5, 5.41) is 20.2. The van der Waals surface area contributed by atoms with Crippen LogP contribution in [0.4, 0.5) is 0 Å². The van der Waals surface area contributed by atoms with Gasteiger partial charge in [-0.25, -0.2) is 0 Å². The van der Waals surface area contributed by atoms with Crippen molar-refractivity contribution in [3.8, 4) is 11.5 Å². The van der Waals surface area contributed by atoms with E-state index >= 15 is 0 Å². The summed E-state index contributed by atoms with van der Waals surface area (Å²) in [6.45, 7) is 1.42. The Morgan fingerprint density at radius 1 is 1.24 bits per heavy atom. The fourth-order valence-corrected chi connectivity index (χ4v) is 4.22. The van der Waals surface area contributed by atoms with Crippen LogP contribution in [0.5, 0.6) is 11.5 Å². The van der Waals surface area contributed by atoms with Gasteiger partial charge in [0.1, 0.15) is 5.78 Å². The van der Waals surface area contributed by atoms with Crippen molar-refractivity contribution in [2.45, 2.75) is 25.5 Å². The summed E-state index contributed by atoms with van der Waals surface area (Å²) in [5.41, 5.74) is 0.656. The maximum Gasteiger partial charge on any atom is 0.307 e. The minimum absolute atomic E-state index is 0.121. The predicted octanol–water partition coefficient (Wildman–Crippen LogP) is 1.73. The molecule has 0 saturated heterocycles. The Bertz CT molecular complexity index is 867. The molecule has 1 aromatic rings. The van der Waals surface area contributed by atoms with Gasteiger partial charge in [0.15, 0.2) is 11.5 Å². The molecule has 0 radical (unpaired) electrons. The van der Waals surface area contributed by atoms with E-state index in [0.717, 1.165) is 0 Å². The predicted molar refractivity (Wildman–Crippen MR) is 102 cm³/mol. The number of carboxylic acids is 2. The number of carboxylic acid groups (broad SMARTS) is 2. The molecule has 11 heteroatoms. The molecule has 1 aliphatic heterocycles. The van der Waals surface area contributed by atoms with Gasteiger partial charge in [-0.15, -0.1) is 0 Å². The second kappa shape index (κ2) is 9.58. The van der Waals surface area contributed by atoms with Gasteiger partial charge in [0, 0.05) is 18.7 Å². The highest BCUT2D eigenvalue weighted by atomic mass is 31.2. The molecule has 29 heavy (non-hydrogen) atoms. The Hall–Kier alpha value is -2.84. The number of hydrogen-bond donors (Lipinski definition) is 4. The lowest BCUT2D eigenvalue weighted by atomic mass is 10.1. The summed E-state index contributed by atoms with van der Waals surface area (Å²) in [7, 11) is -4.09. The average Bonchev–Trinajstić information content (AvgIpc) is 3.10. The van der Waals surface area contributed by atoms with Gasteiger partial charge in [0.05, 0.1) is 5.92 Å². The molecule has 0 aliphatic carbocycles. The number of nitrogens with one attached hydrogen (secondary N) is 1. The Balaban J connectivity index is 1.95. The third kappa shape index (κ3) is 6.62. The Morgan fingerprint density at radius 2 is 1.93 bits per heavy atom. The Kier molecular flexibility index (Phi) is 7.41. The van der Waals surface area contributed by atoms with E-state index in [9.17, 15) is 23.8 Å². The summed E-state index contributed by atoms with van der Waals surface area (Å²) < 4.78 is 22.9. The van der Waals surface area contributed by atoms with E-state index < -0.39 is 49.5 Å². The fourth-order valence-electron chi connectivity index (χ4n) is 2.61. The maximum absolute atomic E-state index is 12.5. The van der Waals surface area contributed by atoms with E-state index in [1.807, 2.05) is 0 Å². The monoisotopic (exact) mass is 427 g/mol. The summed E-state index contributed by atoms with van der Waals surface area (Å²) in [4.78, 5) is 44.1. The van der Waals surface area contributed by atoms with E-state index in [1.165, 1.54) is 19.1 Å². The highest BCUT2D eigenvalue weighted by Gasteiger charge is 2.34. The number of rotatable bonds is 10. The average molecular weight is 427 g/mol. The van der Waals surface area contributed by atoms with E-state index in [4.69, 9.17) is 19.7 Å². The molecule has 1 amide bonds. The third-order valence-electron chi connectivity index (χ3n) is 4.32. The molecule has 4 N–H and O–H groups in total. The minimum Gasteiger partial charge on any atom is -0.481 e. The third-order valence-corrected chi connectivity index (χ3v) is 6.62. The number of benzene rings is 1. The summed E-state index contributed by atoms with van der Waals surface area (Å²) in [6.07, 6.45) is 1.31. The lowest BCUT2D eigenvalue weighted by Crippen LogP contribution is -2.33. The highest BCUT2D eigenvalue weighted by molar-refractivity contribution is 7.58. The molecule has 0 saturated carbocycles. The van der Waals surface area contributed by atoms with Gasteiger partial charge in [-0.2, -0.15) is 0 Å². The van der Waals surface area contributed by atoms with Gasteiger partial charge < -0.3 is 29.9 Å². The van der Waals surface area contributed by atoms with Crippen molar-refractivity contribution in [3.05, 3.63) is 29.8 Å². The Morgan fingerprint density at radius 3 is 2.59 bits per heavy atom. The van der Waals surface area contributed by atoms with Crippen LogP contribution < -0.4 is 14.8 Å². The summed E-state index contributed by atoms with van der Waals surface area (Å²) in [5.74, 6) is -4.56. The van der Waals surface area contributed by atoms with Crippen molar-refractivity contribution in [2.24, 2.45) is 5.92 Å². The number of ether oxygens (including phenoxy) is 2. The number of carbonyl (C=O) groups excluding carboxylic acids is 1. The van der Waals surface area contributed by atoms with Crippen LogP contribution in [-0.4, -0.2) is 51.7 Å². The van der Waals surface area contributed by atoms with Crippen molar-refractivity contribution >= 4 is 31.3 Å². The standard InChI is InChI=1S/C18H22NO9P/c1-11(29(25,26)9-13(18(23)24)4-7-17(21)22)19-16(20)6-3-12-2-5-14-15(8-12)28-10-27-14/h2-3,5-6,8,11,13H,4,7,9-10H2,1H3,(H,19,20)(H,21,22)(H,23,24)(H,25,26)/b6-3+/t11-,13-/m0/s1. The highest BCUT2D eigenvalue weighted by Crippen LogP contribution is 2.47. The van der Waals surface area contributed by atoms with Crippen LogP contribution in [0.15, 0.2) is 24.3 Å². The number of fused-ring (bicyclic) bond motifs is 1. The van der Waals surface area contributed by atoms with Crippen molar-refractivity contribution in [1.29, 1.82) is 0 Å². The second-order valence-electron chi connectivity index (χ2n) is 6.54. The number of hydrogen-bond acceptors (Lipinski definition) is 6. The summed E-state index contributed by atoms with van der Waals surface area (Å²) >= 11 is 0. The number of carbonyl (C=O) groups is 3. The van der Waals surface area contributed by atoms with Gasteiger partial charge in [0.25, 0.3) is 0 Å². The van der Waals surface area contributed by atoms with Crippen LogP contribution in [0.1, 0.15) is 25.3 Å². The topological polar surface area (TPSA) is 159 Å². The van der Waals surface area contributed by atoms with Crippen molar-refractivity contribution in [3.63, 3.8) is 0 Å². The van der Waals surface area contributed by atoms with E-state index in [-0.39, 0.29) is 13.2 Å². The minimum atomic E-state index is -4.09. The largest absolute Gasteiger partial charge is 0.481 e. The molecule has 158 valence electrons. The molecule has 1 aliphatic rings. The molecule has 3 atom stereocenters. The molecule has 0 spiro atoms. The van der Waals surface area contributed by atoms with Gasteiger partial charge in [0.2, 0.25) is 20.1 Å². The molecule has 1 unspecified atom stereocenters. The molecule has 10 nitrogen and oxygen atoms in total. The first-order valence-electron chi connectivity index (χ1n) is 8.73. The molecule has 0 fully saturated rings.